The maximum atomic E-state index is 11.6. The lowest BCUT2D eigenvalue weighted by molar-refractivity contribution is -0.131. The number of hydrogen-bond donors (Lipinski definition) is 0. The fourth-order valence-corrected chi connectivity index (χ4v) is 4.08. The second-order valence-corrected chi connectivity index (χ2v) is 6.99. The van der Waals surface area contributed by atoms with E-state index in [4.69, 9.17) is 4.74 Å². The molecule has 1 aromatic carbocycles. The number of halogens is 1. The van der Waals surface area contributed by atoms with E-state index in [2.05, 4.69) is 45.1 Å². The van der Waals surface area contributed by atoms with Gasteiger partial charge >= 0.3 is 5.97 Å². The van der Waals surface area contributed by atoms with Crippen molar-refractivity contribution < 1.29 is 9.53 Å². The summed E-state index contributed by atoms with van der Waals surface area (Å²) in [6.07, 6.45) is 11.9. The summed E-state index contributed by atoms with van der Waals surface area (Å²) < 4.78 is 5.41. The summed E-state index contributed by atoms with van der Waals surface area (Å²) in [6.45, 7) is 2.13. The second-order valence-electron chi connectivity index (χ2n) is 6.43. The van der Waals surface area contributed by atoms with Crippen molar-refractivity contribution in [3.05, 3.63) is 42.0 Å². The summed E-state index contributed by atoms with van der Waals surface area (Å²) in [5.41, 5.74) is 1.40. The first-order chi connectivity index (χ1) is 11.2. The molecule has 4 heteroatoms. The van der Waals surface area contributed by atoms with Crippen molar-refractivity contribution in [2.75, 3.05) is 18.4 Å². The molecule has 1 aliphatic carbocycles. The van der Waals surface area contributed by atoms with E-state index in [1.165, 1.54) is 37.7 Å². The van der Waals surface area contributed by atoms with E-state index in [9.17, 15) is 4.79 Å². The molecule has 124 valence electrons. The lowest BCUT2D eigenvalue weighted by Gasteiger charge is -2.47. The number of ether oxygens (including phenoxy) is 1. The molecule has 3 rings (SSSR count). The van der Waals surface area contributed by atoms with Crippen molar-refractivity contribution in [1.82, 2.24) is 4.90 Å². The van der Waals surface area contributed by atoms with Gasteiger partial charge in [0, 0.05) is 18.6 Å². The minimum atomic E-state index is -0.249. The first-order valence-corrected chi connectivity index (χ1v) is 9.64. The van der Waals surface area contributed by atoms with Crippen molar-refractivity contribution in [1.29, 1.82) is 0 Å². The Kier molecular flexibility index (Phi) is 5.54. The monoisotopic (exact) mass is 377 g/mol. The van der Waals surface area contributed by atoms with Crippen molar-refractivity contribution >= 4 is 21.9 Å². The molecular formula is C19H24BrNO2. The zero-order chi connectivity index (χ0) is 16.1. The molecule has 1 heterocycles. The van der Waals surface area contributed by atoms with Gasteiger partial charge in [-0.1, -0.05) is 59.5 Å². The number of esters is 1. The molecule has 1 fully saturated rings. The van der Waals surface area contributed by atoms with Crippen molar-refractivity contribution in [2.45, 2.75) is 44.1 Å². The van der Waals surface area contributed by atoms with Crippen LogP contribution in [0.1, 0.15) is 44.1 Å². The van der Waals surface area contributed by atoms with E-state index >= 15 is 0 Å². The largest absolute Gasteiger partial charge is 0.426 e. The molecule has 0 bridgehead atoms. The first kappa shape index (κ1) is 16.7. The lowest BCUT2D eigenvalue weighted by atomic mass is 9.74. The fraction of sp³-hybridized carbons (Fsp3) is 0.526. The molecule has 1 aromatic rings. The molecule has 0 saturated heterocycles. The van der Waals surface area contributed by atoms with Gasteiger partial charge in [0.15, 0.2) is 0 Å². The first-order valence-electron chi connectivity index (χ1n) is 8.52. The SMILES string of the molecule is O=C(CBr)Oc1cccc(C2(N3CC=CCC3)CCCCC2)c1. The van der Waals surface area contributed by atoms with E-state index in [1.807, 2.05) is 12.1 Å². The van der Waals surface area contributed by atoms with E-state index in [0.717, 1.165) is 19.5 Å². The van der Waals surface area contributed by atoms with Crippen molar-refractivity contribution in [3.63, 3.8) is 0 Å². The number of nitrogens with zero attached hydrogens (tertiary/aromatic N) is 1. The summed E-state index contributed by atoms with van der Waals surface area (Å²) in [6, 6.07) is 8.17. The molecule has 0 unspecified atom stereocenters. The van der Waals surface area contributed by atoms with Crippen LogP contribution in [0.2, 0.25) is 0 Å². The molecular weight excluding hydrogens is 354 g/mol. The predicted octanol–water partition coefficient (Wildman–Crippen LogP) is 4.41. The molecule has 0 spiro atoms. The molecule has 0 radical (unpaired) electrons. The highest BCUT2D eigenvalue weighted by atomic mass is 79.9. The Hall–Kier alpha value is -1.13. The minimum absolute atomic E-state index is 0.0971. The smallest absolute Gasteiger partial charge is 0.321 e. The van der Waals surface area contributed by atoms with Gasteiger partial charge in [0.2, 0.25) is 0 Å². The third-order valence-electron chi connectivity index (χ3n) is 5.06. The number of alkyl halides is 1. The molecule has 0 N–H and O–H groups in total. The van der Waals surface area contributed by atoms with Crippen molar-refractivity contribution in [3.8, 4) is 5.75 Å². The van der Waals surface area contributed by atoms with Gasteiger partial charge in [-0.15, -0.1) is 0 Å². The maximum absolute atomic E-state index is 11.6. The third kappa shape index (κ3) is 3.69. The molecule has 0 amide bonds. The minimum Gasteiger partial charge on any atom is -0.426 e. The molecule has 23 heavy (non-hydrogen) atoms. The predicted molar refractivity (Wildman–Crippen MR) is 96.0 cm³/mol. The number of carbonyl (C=O) groups is 1. The van der Waals surface area contributed by atoms with Gasteiger partial charge in [-0.2, -0.15) is 0 Å². The highest BCUT2D eigenvalue weighted by Crippen LogP contribution is 2.43. The van der Waals surface area contributed by atoms with E-state index < -0.39 is 0 Å². The summed E-state index contributed by atoms with van der Waals surface area (Å²) in [7, 11) is 0. The van der Waals surface area contributed by atoms with Gasteiger partial charge in [-0.25, -0.2) is 0 Å². The number of rotatable bonds is 4. The molecule has 2 aliphatic rings. The van der Waals surface area contributed by atoms with Crippen molar-refractivity contribution in [2.24, 2.45) is 0 Å². The lowest BCUT2D eigenvalue weighted by Crippen LogP contribution is -2.48. The highest BCUT2D eigenvalue weighted by molar-refractivity contribution is 9.09. The normalized spacial score (nSPS) is 21.1. The summed E-state index contributed by atoms with van der Waals surface area (Å²) >= 11 is 3.15. The average Bonchev–Trinajstić information content (AvgIpc) is 2.63. The van der Waals surface area contributed by atoms with Crippen LogP contribution in [0.15, 0.2) is 36.4 Å². The van der Waals surface area contributed by atoms with Crippen LogP contribution in [-0.4, -0.2) is 29.3 Å². The van der Waals surface area contributed by atoms with Crippen LogP contribution >= 0.6 is 15.9 Å². The number of hydrogen-bond acceptors (Lipinski definition) is 3. The second kappa shape index (κ2) is 7.63. The van der Waals surface area contributed by atoms with Crippen LogP contribution in [0.5, 0.6) is 5.75 Å². The summed E-state index contributed by atoms with van der Waals surface area (Å²) in [4.78, 5) is 14.2. The Bertz CT molecular complexity index is 578. The van der Waals surface area contributed by atoms with Crippen LogP contribution in [0.4, 0.5) is 0 Å². The quantitative estimate of drug-likeness (QED) is 0.337. The van der Waals surface area contributed by atoms with Gasteiger partial charge in [0.1, 0.15) is 11.1 Å². The molecule has 3 nitrogen and oxygen atoms in total. The van der Waals surface area contributed by atoms with E-state index in [0.29, 0.717) is 5.75 Å². The Morgan fingerprint density at radius 2 is 2.04 bits per heavy atom. The zero-order valence-electron chi connectivity index (χ0n) is 13.5. The molecule has 1 aliphatic heterocycles. The number of benzene rings is 1. The molecule has 1 saturated carbocycles. The zero-order valence-corrected chi connectivity index (χ0v) is 15.1. The van der Waals surface area contributed by atoms with Gasteiger partial charge < -0.3 is 4.74 Å². The topological polar surface area (TPSA) is 29.5 Å². The van der Waals surface area contributed by atoms with Crippen LogP contribution in [0.3, 0.4) is 0 Å². The van der Waals surface area contributed by atoms with E-state index in [-0.39, 0.29) is 16.8 Å². The van der Waals surface area contributed by atoms with Gasteiger partial charge in [-0.3, -0.25) is 9.69 Å². The van der Waals surface area contributed by atoms with Gasteiger partial charge in [0.05, 0.1) is 0 Å². The third-order valence-corrected chi connectivity index (χ3v) is 5.51. The van der Waals surface area contributed by atoms with Crippen LogP contribution in [-0.2, 0) is 10.3 Å². The van der Waals surface area contributed by atoms with Crippen LogP contribution in [0, 0.1) is 0 Å². The standard InChI is InChI=1S/C19H24BrNO2/c20-15-18(22)23-17-9-7-8-16(14-17)19(10-3-1-4-11-19)21-12-5-2-6-13-21/h2,5,7-9,14H,1,3-4,6,10-13,15H2. The van der Waals surface area contributed by atoms with Crippen LogP contribution in [0.25, 0.3) is 0 Å². The summed E-state index contributed by atoms with van der Waals surface area (Å²) in [5.74, 6) is 0.408. The Balaban J connectivity index is 1.91. The van der Waals surface area contributed by atoms with Gasteiger partial charge in [0.25, 0.3) is 0 Å². The molecule has 0 atom stereocenters. The Morgan fingerprint density at radius 1 is 1.22 bits per heavy atom. The summed E-state index contributed by atoms with van der Waals surface area (Å²) in [5, 5.41) is 0.222. The Labute approximate surface area is 146 Å². The van der Waals surface area contributed by atoms with Gasteiger partial charge in [-0.05, 0) is 37.0 Å². The average molecular weight is 378 g/mol. The maximum Gasteiger partial charge on any atom is 0.321 e. The Morgan fingerprint density at radius 3 is 2.74 bits per heavy atom. The highest BCUT2D eigenvalue weighted by Gasteiger charge is 2.39. The molecule has 0 aromatic heterocycles. The fourth-order valence-electron chi connectivity index (χ4n) is 3.96. The van der Waals surface area contributed by atoms with E-state index in [1.54, 1.807) is 0 Å². The number of carbonyl (C=O) groups excluding carboxylic acids is 1. The van der Waals surface area contributed by atoms with Crippen LogP contribution < -0.4 is 4.74 Å².